The zero-order valence-corrected chi connectivity index (χ0v) is 23.1. The quantitative estimate of drug-likeness (QED) is 0.354. The summed E-state index contributed by atoms with van der Waals surface area (Å²) in [4.78, 5) is 0. The summed E-state index contributed by atoms with van der Waals surface area (Å²) in [5.41, 5.74) is 4.39. The van der Waals surface area contributed by atoms with Crippen molar-refractivity contribution in [3.63, 3.8) is 0 Å². The van der Waals surface area contributed by atoms with E-state index in [2.05, 4.69) is 86.9 Å². The predicted molar refractivity (Wildman–Crippen MR) is 107 cm³/mol. The van der Waals surface area contributed by atoms with Crippen molar-refractivity contribution in [1.29, 1.82) is 5.16 Å². The summed E-state index contributed by atoms with van der Waals surface area (Å²) in [5.74, 6) is 0. The molecule has 0 aromatic carbocycles. The molecule has 2 nitrogen and oxygen atoms in total. The van der Waals surface area contributed by atoms with Gasteiger partial charge in [-0.2, -0.15) is 11.1 Å². The van der Waals surface area contributed by atoms with Gasteiger partial charge in [-0.1, -0.05) is 74.7 Å². The Kier molecular flexibility index (Phi) is 14.9. The van der Waals surface area contributed by atoms with E-state index >= 15 is 0 Å². The van der Waals surface area contributed by atoms with Gasteiger partial charge in [-0.15, -0.1) is 6.92 Å². The van der Waals surface area contributed by atoms with Gasteiger partial charge in [0.25, 0.3) is 0 Å². The largest absolute Gasteiger partial charge is 3.00 e. The number of hydrogen-bond donors (Lipinski definition) is 1. The van der Waals surface area contributed by atoms with Crippen LogP contribution in [0.2, 0.25) is 0 Å². The van der Waals surface area contributed by atoms with Gasteiger partial charge in [0, 0.05) is 17.5 Å². The van der Waals surface area contributed by atoms with E-state index in [9.17, 15) is 0 Å². The molecule has 0 aromatic rings. The van der Waals surface area contributed by atoms with E-state index in [1.807, 2.05) is 14.1 Å². The molecular weight excluding hydrogens is 418 g/mol. The zero-order chi connectivity index (χ0) is 19.0. The van der Waals surface area contributed by atoms with Crippen LogP contribution < -0.4 is 24.8 Å². The van der Waals surface area contributed by atoms with Crippen molar-refractivity contribution in [3.05, 3.63) is 22.8 Å². The maximum Gasteiger partial charge on any atom is 3.00 e. The fraction of sp³-hybridized carbons (Fsp3) is 0.800. The fourth-order valence-corrected chi connectivity index (χ4v) is 8.02. The molecule has 1 aliphatic rings. The van der Waals surface area contributed by atoms with Crippen LogP contribution in [0.5, 0.6) is 0 Å². The summed E-state index contributed by atoms with van der Waals surface area (Å²) in [5, 5.41) is 8.84. The van der Waals surface area contributed by atoms with E-state index in [4.69, 9.17) is 5.16 Å². The van der Waals surface area contributed by atoms with Gasteiger partial charge in [-0.3, -0.25) is 10.7 Å². The number of allylic oxidation sites excluding steroid dienone is 4. The first-order valence-electron chi connectivity index (χ1n) is 8.52. The summed E-state index contributed by atoms with van der Waals surface area (Å²) >= 11 is 0. The molecule has 0 atom stereocenters. The summed E-state index contributed by atoms with van der Waals surface area (Å²) < 4.78 is 2.13. The topological polar surface area (TPSA) is 27.1 Å². The van der Waals surface area contributed by atoms with Crippen molar-refractivity contribution in [3.8, 4) is 0 Å². The van der Waals surface area contributed by atoms with Crippen LogP contribution in [0.1, 0.15) is 76.2 Å². The van der Waals surface area contributed by atoms with Gasteiger partial charge in [-0.25, -0.2) is 5.57 Å². The summed E-state index contributed by atoms with van der Waals surface area (Å²) in [6.45, 7) is 24.0. The first-order valence-corrected chi connectivity index (χ1v) is 10.3. The maximum atomic E-state index is 8.72. The second kappa shape index (κ2) is 11.2. The van der Waals surface area contributed by atoms with E-state index in [0.717, 1.165) is 0 Å². The van der Waals surface area contributed by atoms with Crippen LogP contribution in [0.15, 0.2) is 16.7 Å². The molecule has 6 heteroatoms. The SMILES string of the molecule is CC1=[C-]C(C)(C)C(C)=C1C.CN(C)P(=N)(C(C)(C)C)C(C)(C)C.[Cl-].[Cl-].[Ti+3]. The molecule has 0 heterocycles. The Labute approximate surface area is 191 Å². The van der Waals surface area contributed by atoms with Crippen LogP contribution in [0.3, 0.4) is 0 Å². The van der Waals surface area contributed by atoms with E-state index in [-0.39, 0.29) is 62.3 Å². The molecule has 0 amide bonds. The summed E-state index contributed by atoms with van der Waals surface area (Å²) in [6, 6.07) is 0. The Bertz CT molecular complexity index is 533. The van der Waals surface area contributed by atoms with Crippen molar-refractivity contribution in [2.45, 2.75) is 86.5 Å². The van der Waals surface area contributed by atoms with Crippen LogP contribution in [0.4, 0.5) is 0 Å². The predicted octanol–water partition coefficient (Wildman–Crippen LogP) is 0.958. The minimum Gasteiger partial charge on any atom is -1.00 e. The normalized spacial score (nSPS) is 16.6. The molecule has 1 radical (unpaired) electrons. The van der Waals surface area contributed by atoms with Gasteiger partial charge in [-0.05, 0) is 14.1 Å². The molecule has 153 valence electrons. The molecule has 0 saturated carbocycles. The molecule has 1 aliphatic carbocycles. The van der Waals surface area contributed by atoms with Gasteiger partial charge in [0.15, 0.2) is 0 Å². The van der Waals surface area contributed by atoms with Gasteiger partial charge >= 0.3 is 21.7 Å². The number of halogens is 2. The fourth-order valence-electron chi connectivity index (χ4n) is 3.61. The molecule has 0 bridgehead atoms. The van der Waals surface area contributed by atoms with E-state index in [1.54, 1.807) is 0 Å². The van der Waals surface area contributed by atoms with Crippen LogP contribution in [0.25, 0.3) is 0 Å². The molecule has 0 spiro atoms. The maximum absolute atomic E-state index is 8.72. The summed E-state index contributed by atoms with van der Waals surface area (Å²) in [7, 11) is 2.25. The van der Waals surface area contributed by atoms with Gasteiger partial charge in [0.1, 0.15) is 0 Å². The molecule has 0 saturated heterocycles. The van der Waals surface area contributed by atoms with Gasteiger partial charge in [0.05, 0.1) is 0 Å². The van der Waals surface area contributed by atoms with E-state index in [1.165, 1.54) is 16.7 Å². The van der Waals surface area contributed by atoms with Crippen LogP contribution in [-0.4, -0.2) is 29.1 Å². The minimum absolute atomic E-state index is 0. The Morgan fingerprint density at radius 3 is 1.23 bits per heavy atom. The third-order valence-electron chi connectivity index (χ3n) is 5.10. The molecule has 0 aromatic heterocycles. The summed E-state index contributed by atoms with van der Waals surface area (Å²) in [6.07, 6.45) is 3.44. The third kappa shape index (κ3) is 7.42. The Morgan fingerprint density at radius 2 is 1.19 bits per heavy atom. The van der Waals surface area contributed by atoms with Crippen LogP contribution in [-0.2, 0) is 21.7 Å². The molecule has 0 aliphatic heterocycles. The van der Waals surface area contributed by atoms with Crippen molar-refractivity contribution < 1.29 is 46.5 Å². The van der Waals surface area contributed by atoms with Gasteiger partial charge in [0.2, 0.25) is 0 Å². The first-order chi connectivity index (χ1) is 9.89. The zero-order valence-electron chi connectivity index (χ0n) is 19.2. The molecule has 26 heavy (non-hydrogen) atoms. The monoisotopic (exact) mass is 457 g/mol. The van der Waals surface area contributed by atoms with Crippen molar-refractivity contribution in [1.82, 2.24) is 4.67 Å². The average Bonchev–Trinajstić information content (AvgIpc) is 2.48. The van der Waals surface area contributed by atoms with Crippen LogP contribution >= 0.6 is 7.21 Å². The van der Waals surface area contributed by atoms with Crippen molar-refractivity contribution in [2.75, 3.05) is 14.1 Å². The molecule has 0 fully saturated rings. The number of nitrogens with zero attached hydrogens (tertiary/aromatic N) is 1. The second-order valence-corrected chi connectivity index (χ2v) is 14.2. The third-order valence-corrected chi connectivity index (χ3v) is 10.2. The van der Waals surface area contributed by atoms with Crippen LogP contribution in [0, 0.1) is 16.7 Å². The number of rotatable bonds is 1. The Hall–Kier alpha value is 0.964. The standard InChI is InChI=1S/C10H25N2P.C10H15.2ClH.Ti/c1-9(2,3)13(11,12(7)8)10(4,5)6;1-7-6-10(4,5)9(3)8(7)2;;;/h11H,1-8H3;1-5H3;2*1H;/q;-1;;;+3/p-2. The number of hydrogen-bond acceptors (Lipinski definition) is 1. The Balaban J connectivity index is -0.000000170. The van der Waals surface area contributed by atoms with E-state index in [0.29, 0.717) is 0 Å². The van der Waals surface area contributed by atoms with Crippen molar-refractivity contribution >= 4 is 7.21 Å². The molecule has 0 unspecified atom stereocenters. The second-order valence-electron chi connectivity index (χ2n) is 9.45. The molecule has 1 N–H and O–H groups in total. The smallest absolute Gasteiger partial charge is 1.00 e. The number of nitrogens with one attached hydrogen (secondary N) is 1. The molecule has 1 rings (SSSR count). The molecular formula is C20H40Cl2N2PTi. The average molecular weight is 458 g/mol. The van der Waals surface area contributed by atoms with Crippen molar-refractivity contribution in [2.24, 2.45) is 5.41 Å². The minimum atomic E-state index is -1.83. The first kappa shape index (κ1) is 34.5. The van der Waals surface area contributed by atoms with E-state index < -0.39 is 7.21 Å². The Morgan fingerprint density at radius 1 is 0.885 bits per heavy atom. The van der Waals surface area contributed by atoms with Gasteiger partial charge < -0.3 is 30.0 Å².